The van der Waals surface area contributed by atoms with Gasteiger partial charge >= 0.3 is 5.97 Å². The molecule has 7 nitrogen and oxygen atoms in total. The number of benzene rings is 2. The summed E-state index contributed by atoms with van der Waals surface area (Å²) in [5.41, 5.74) is 4.89. The number of ketones is 1. The van der Waals surface area contributed by atoms with Crippen molar-refractivity contribution in [3.63, 3.8) is 0 Å². The van der Waals surface area contributed by atoms with Gasteiger partial charge in [0.05, 0.1) is 4.88 Å². The zero-order valence-corrected chi connectivity index (χ0v) is 26.7. The fraction of sp³-hybridized carbons (Fsp3) is 0.306. The summed E-state index contributed by atoms with van der Waals surface area (Å²) in [4.78, 5) is 48.5. The lowest BCUT2D eigenvalue weighted by Gasteiger charge is -2.18. The highest BCUT2D eigenvalue weighted by Gasteiger charge is 2.27. The van der Waals surface area contributed by atoms with Crippen LogP contribution in [0.4, 0.5) is 0 Å². The highest BCUT2D eigenvalue weighted by atomic mass is 32.1. The van der Waals surface area contributed by atoms with E-state index in [0.29, 0.717) is 10.7 Å². The first-order chi connectivity index (χ1) is 20.9. The highest BCUT2D eigenvalue weighted by Crippen LogP contribution is 2.31. The molecule has 0 aliphatic rings. The molecule has 2 N–H and O–H groups in total. The van der Waals surface area contributed by atoms with Crippen molar-refractivity contribution < 1.29 is 19.5 Å². The molecule has 0 saturated carbocycles. The van der Waals surface area contributed by atoms with Gasteiger partial charge in [0, 0.05) is 40.7 Å². The van der Waals surface area contributed by atoms with E-state index in [4.69, 9.17) is 0 Å². The number of Topliss-reactive ketones (excluding diaryl/α,β-unsaturated/α-hetero) is 1. The second kappa shape index (κ2) is 14.4. The molecule has 0 bridgehead atoms. The van der Waals surface area contributed by atoms with Gasteiger partial charge < -0.3 is 10.4 Å². The fourth-order valence-electron chi connectivity index (χ4n) is 4.57. The van der Waals surface area contributed by atoms with E-state index in [9.17, 15) is 19.5 Å². The fourth-order valence-corrected chi connectivity index (χ4v) is 5.58. The van der Waals surface area contributed by atoms with Gasteiger partial charge in [-0.15, -0.1) is 11.3 Å². The number of thiophene rings is 1. The third-order valence-corrected chi connectivity index (χ3v) is 8.93. The number of carbonyl (C=O) groups is 3. The summed E-state index contributed by atoms with van der Waals surface area (Å²) in [7, 11) is 0. The smallest absolute Gasteiger partial charge is 0.325 e. The largest absolute Gasteiger partial charge is 0.480 e. The number of aromatic nitrogens is 2. The molecule has 0 fully saturated rings. The molecule has 0 radical (unpaired) electrons. The average Bonchev–Trinajstić information content (AvgIpc) is 3.52. The molecule has 0 unspecified atom stereocenters. The second-order valence-corrected chi connectivity index (χ2v) is 13.1. The van der Waals surface area contributed by atoms with Crippen molar-refractivity contribution >= 4 is 41.1 Å². The summed E-state index contributed by atoms with van der Waals surface area (Å²) in [5.74, 6) is -1.87. The molecule has 2 aromatic heterocycles. The Labute approximate surface area is 263 Å². The maximum Gasteiger partial charge on any atom is 0.325 e. The molecule has 0 aliphatic carbocycles. The molecule has 2 heterocycles. The Balaban J connectivity index is 1.45. The molecular weight excluding hydrogens is 570 g/mol. The highest BCUT2D eigenvalue weighted by molar-refractivity contribution is 7.14. The van der Waals surface area contributed by atoms with Gasteiger partial charge in [-0.05, 0) is 54.0 Å². The van der Waals surface area contributed by atoms with Crippen LogP contribution in [-0.4, -0.2) is 38.8 Å². The van der Waals surface area contributed by atoms with E-state index in [1.807, 2.05) is 48.6 Å². The molecule has 0 aliphatic heterocycles. The van der Waals surface area contributed by atoms with Crippen molar-refractivity contribution in [2.45, 2.75) is 65.3 Å². The molecular formula is C36H39N3O4S. The lowest BCUT2D eigenvalue weighted by Crippen LogP contribution is -2.42. The quantitative estimate of drug-likeness (QED) is 0.164. The monoisotopic (exact) mass is 609 g/mol. The van der Waals surface area contributed by atoms with Gasteiger partial charge in [0.1, 0.15) is 6.04 Å². The van der Waals surface area contributed by atoms with E-state index in [-0.39, 0.29) is 24.0 Å². The number of nitrogens with one attached hydrogen (secondary N) is 1. The molecule has 1 amide bonds. The van der Waals surface area contributed by atoms with Crippen molar-refractivity contribution in [1.29, 1.82) is 0 Å². The minimum atomic E-state index is -1.13. The minimum Gasteiger partial charge on any atom is -0.480 e. The van der Waals surface area contributed by atoms with Crippen LogP contribution >= 0.6 is 11.3 Å². The Bertz CT molecular complexity index is 1620. The molecule has 2 atom stereocenters. The van der Waals surface area contributed by atoms with Gasteiger partial charge in [-0.2, -0.15) is 0 Å². The molecule has 0 spiro atoms. The Morgan fingerprint density at radius 2 is 1.50 bits per heavy atom. The Morgan fingerprint density at radius 3 is 2.07 bits per heavy atom. The number of carboxylic acids is 1. The Morgan fingerprint density at radius 1 is 0.886 bits per heavy atom. The van der Waals surface area contributed by atoms with Crippen LogP contribution in [0.1, 0.15) is 77.8 Å². The van der Waals surface area contributed by atoms with Crippen LogP contribution in [0.25, 0.3) is 23.5 Å². The molecule has 228 valence electrons. The standard InChI is InChI=1S/C36H39N3O4S/c1-6-24-7-9-25(10-8-24)11-12-27-21-37-33(38-22-27)28-15-13-26(14-16-28)19-29(34(41)39-23(2)35(42)43)20-30(40)31-17-18-32(44-31)36(3,4)5/h7-18,21-23,29H,6,19-20H2,1-5H3,(H,39,41)(H,42,43)/b12-11+/t23-,29-/m1/s1. The predicted molar refractivity (Wildman–Crippen MR) is 177 cm³/mol. The number of carbonyl (C=O) groups excluding carboxylic acids is 2. The molecule has 4 rings (SSSR count). The number of amides is 1. The summed E-state index contributed by atoms with van der Waals surface area (Å²) in [6.07, 6.45) is 8.83. The number of rotatable bonds is 12. The number of carboxylic acid groups (broad SMARTS) is 1. The molecule has 2 aromatic carbocycles. The van der Waals surface area contributed by atoms with E-state index in [0.717, 1.165) is 33.6 Å². The van der Waals surface area contributed by atoms with E-state index in [1.165, 1.54) is 23.8 Å². The van der Waals surface area contributed by atoms with Crippen LogP contribution in [0.15, 0.2) is 73.1 Å². The second-order valence-electron chi connectivity index (χ2n) is 12.0. The average molecular weight is 610 g/mol. The summed E-state index contributed by atoms with van der Waals surface area (Å²) in [5, 5.41) is 11.8. The van der Waals surface area contributed by atoms with E-state index >= 15 is 0 Å². The number of hydrogen-bond donors (Lipinski definition) is 2. The van der Waals surface area contributed by atoms with Crippen LogP contribution < -0.4 is 5.32 Å². The molecule has 4 aromatic rings. The summed E-state index contributed by atoms with van der Waals surface area (Å²) in [6.45, 7) is 9.81. The Kier molecular flexibility index (Phi) is 10.6. The number of aliphatic carboxylic acids is 1. The minimum absolute atomic E-state index is 0.0230. The number of aryl methyl sites for hydroxylation is 1. The van der Waals surface area contributed by atoms with Gasteiger partial charge in [0.2, 0.25) is 5.91 Å². The molecule has 44 heavy (non-hydrogen) atoms. The van der Waals surface area contributed by atoms with Crippen LogP contribution in [0, 0.1) is 5.92 Å². The van der Waals surface area contributed by atoms with Gasteiger partial charge in [-0.3, -0.25) is 14.4 Å². The van der Waals surface area contributed by atoms with Crippen molar-refractivity contribution in [2.24, 2.45) is 5.92 Å². The van der Waals surface area contributed by atoms with Crippen LogP contribution in [-0.2, 0) is 27.8 Å². The lowest BCUT2D eigenvalue weighted by molar-refractivity contribution is -0.141. The van der Waals surface area contributed by atoms with Crippen LogP contribution in [0.5, 0.6) is 0 Å². The van der Waals surface area contributed by atoms with E-state index in [1.54, 1.807) is 12.4 Å². The van der Waals surface area contributed by atoms with Crippen LogP contribution in [0.3, 0.4) is 0 Å². The van der Waals surface area contributed by atoms with Crippen molar-refractivity contribution in [3.05, 3.63) is 105 Å². The van der Waals surface area contributed by atoms with Gasteiger partial charge in [-0.25, -0.2) is 9.97 Å². The summed E-state index contributed by atoms with van der Waals surface area (Å²) in [6, 6.07) is 18.7. The van der Waals surface area contributed by atoms with Crippen molar-refractivity contribution in [2.75, 3.05) is 0 Å². The Hall–Kier alpha value is -4.43. The van der Waals surface area contributed by atoms with E-state index in [2.05, 4.69) is 67.2 Å². The molecule has 0 saturated heterocycles. The predicted octanol–water partition coefficient (Wildman–Crippen LogP) is 7.26. The van der Waals surface area contributed by atoms with Gasteiger partial charge in [-0.1, -0.05) is 88.4 Å². The maximum atomic E-state index is 13.2. The zero-order chi connectivity index (χ0) is 31.9. The third-order valence-electron chi connectivity index (χ3n) is 7.37. The zero-order valence-electron chi connectivity index (χ0n) is 25.8. The number of nitrogens with zero attached hydrogens (tertiary/aromatic N) is 2. The van der Waals surface area contributed by atoms with Crippen LogP contribution in [0.2, 0.25) is 0 Å². The lowest BCUT2D eigenvalue weighted by atomic mass is 9.92. The number of hydrogen-bond acceptors (Lipinski definition) is 6. The normalized spacial score (nSPS) is 13.0. The van der Waals surface area contributed by atoms with Gasteiger partial charge in [0.25, 0.3) is 0 Å². The summed E-state index contributed by atoms with van der Waals surface area (Å²) < 4.78 is 0. The van der Waals surface area contributed by atoms with Crippen molar-refractivity contribution in [3.8, 4) is 11.4 Å². The third kappa shape index (κ3) is 8.80. The van der Waals surface area contributed by atoms with E-state index < -0.39 is 23.8 Å². The molecule has 8 heteroatoms. The first kappa shape index (κ1) is 32.5. The topological polar surface area (TPSA) is 109 Å². The SMILES string of the molecule is CCc1ccc(/C=C/c2cnc(-c3ccc(C[C@H](CC(=O)c4ccc(C(C)(C)C)s4)C(=O)N[C@H](C)C(=O)O)cc3)nc2)cc1. The van der Waals surface area contributed by atoms with Crippen molar-refractivity contribution in [1.82, 2.24) is 15.3 Å². The first-order valence-electron chi connectivity index (χ1n) is 14.8. The maximum absolute atomic E-state index is 13.2. The first-order valence-corrected chi connectivity index (χ1v) is 15.6. The summed E-state index contributed by atoms with van der Waals surface area (Å²) >= 11 is 1.44. The van der Waals surface area contributed by atoms with Gasteiger partial charge in [0.15, 0.2) is 11.6 Å².